The summed E-state index contributed by atoms with van der Waals surface area (Å²) in [6.07, 6.45) is 0. The van der Waals surface area contributed by atoms with Crippen LogP contribution in [0.3, 0.4) is 0 Å². The first-order valence-corrected chi connectivity index (χ1v) is 9.80. The predicted molar refractivity (Wildman–Crippen MR) is 102 cm³/mol. The molecule has 0 aromatic heterocycles. The van der Waals surface area contributed by atoms with Crippen LogP contribution in [-0.4, -0.2) is 33.4 Å². The van der Waals surface area contributed by atoms with Gasteiger partial charge >= 0.3 is 6.03 Å². The third-order valence-corrected chi connectivity index (χ3v) is 5.19. The highest BCUT2D eigenvalue weighted by atomic mass is 35.5. The fourth-order valence-corrected chi connectivity index (χ4v) is 3.48. The second kappa shape index (κ2) is 9.36. The fourth-order valence-electron chi connectivity index (χ4n) is 2.14. The van der Waals surface area contributed by atoms with E-state index in [1.807, 2.05) is 0 Å². The standard InChI is InChI=1S/C17H19ClN4O4S/c18-14-2-1-3-15(10-14)27(25,26)22-9-8-20-16(23)13-6-4-12(5-7-13)11-21-17(19)24/h1-7,10,22H,8-9,11H2,(H,20,23)(H3,19,21,24). The molecule has 0 unspecified atom stereocenters. The zero-order chi connectivity index (χ0) is 19.9. The maximum atomic E-state index is 12.1. The SMILES string of the molecule is NC(=O)NCc1ccc(C(=O)NCCNS(=O)(=O)c2cccc(Cl)c2)cc1. The number of carbonyl (C=O) groups excluding carboxylic acids is 2. The maximum absolute atomic E-state index is 12.1. The molecule has 2 rings (SSSR count). The van der Waals surface area contributed by atoms with Crippen LogP contribution in [0.2, 0.25) is 5.02 Å². The number of sulfonamides is 1. The monoisotopic (exact) mass is 410 g/mol. The van der Waals surface area contributed by atoms with Crippen molar-refractivity contribution in [1.82, 2.24) is 15.4 Å². The molecule has 0 spiro atoms. The van der Waals surface area contributed by atoms with Crippen LogP contribution in [0.5, 0.6) is 0 Å². The summed E-state index contributed by atoms with van der Waals surface area (Å²) >= 11 is 5.79. The van der Waals surface area contributed by atoms with Gasteiger partial charge in [-0.1, -0.05) is 29.8 Å². The summed E-state index contributed by atoms with van der Waals surface area (Å²) in [7, 11) is -3.69. The first kappa shape index (κ1) is 20.7. The summed E-state index contributed by atoms with van der Waals surface area (Å²) in [5, 5.41) is 5.39. The quantitative estimate of drug-likeness (QED) is 0.487. The highest BCUT2D eigenvalue weighted by molar-refractivity contribution is 7.89. The molecule has 0 aliphatic heterocycles. The van der Waals surface area contributed by atoms with Gasteiger partial charge in [-0.25, -0.2) is 17.9 Å². The van der Waals surface area contributed by atoms with Crippen LogP contribution in [0.15, 0.2) is 53.4 Å². The van der Waals surface area contributed by atoms with E-state index in [2.05, 4.69) is 15.4 Å². The highest BCUT2D eigenvalue weighted by Crippen LogP contribution is 2.14. The van der Waals surface area contributed by atoms with Crippen LogP contribution in [0.1, 0.15) is 15.9 Å². The van der Waals surface area contributed by atoms with E-state index in [-0.39, 0.29) is 30.4 Å². The Morgan fingerprint density at radius 2 is 1.70 bits per heavy atom. The summed E-state index contributed by atoms with van der Waals surface area (Å²) in [5.74, 6) is -0.341. The largest absolute Gasteiger partial charge is 0.352 e. The number of nitrogens with two attached hydrogens (primary N) is 1. The van der Waals surface area contributed by atoms with Crippen LogP contribution >= 0.6 is 11.6 Å². The Morgan fingerprint density at radius 3 is 2.33 bits per heavy atom. The number of benzene rings is 2. The predicted octanol–water partition coefficient (Wildman–Crippen LogP) is 1.22. The number of amides is 3. The number of hydrogen-bond donors (Lipinski definition) is 4. The number of rotatable bonds is 8. The summed E-state index contributed by atoms with van der Waals surface area (Å²) < 4.78 is 26.6. The maximum Gasteiger partial charge on any atom is 0.312 e. The van der Waals surface area contributed by atoms with E-state index in [1.54, 1.807) is 36.4 Å². The minimum absolute atomic E-state index is 0.0290. The number of hydrogen-bond acceptors (Lipinski definition) is 4. The second-order valence-electron chi connectivity index (χ2n) is 5.53. The van der Waals surface area contributed by atoms with E-state index < -0.39 is 16.1 Å². The number of nitrogens with one attached hydrogen (secondary N) is 3. The van der Waals surface area contributed by atoms with E-state index in [1.165, 1.54) is 12.1 Å². The van der Waals surface area contributed by atoms with Crippen molar-refractivity contribution in [3.63, 3.8) is 0 Å². The number of primary amides is 1. The van der Waals surface area contributed by atoms with Crippen LogP contribution in [0.25, 0.3) is 0 Å². The van der Waals surface area contributed by atoms with Gasteiger partial charge in [0.05, 0.1) is 4.90 Å². The Hall–Kier alpha value is -2.62. The Labute approximate surface area is 162 Å². The first-order chi connectivity index (χ1) is 12.8. The molecule has 0 fully saturated rings. The van der Waals surface area contributed by atoms with E-state index in [0.717, 1.165) is 5.56 Å². The highest BCUT2D eigenvalue weighted by Gasteiger charge is 2.13. The zero-order valence-electron chi connectivity index (χ0n) is 14.2. The zero-order valence-corrected chi connectivity index (χ0v) is 15.8. The number of halogens is 1. The van der Waals surface area contributed by atoms with Crippen LogP contribution in [-0.2, 0) is 16.6 Å². The number of urea groups is 1. The summed E-state index contributed by atoms with van der Waals surface area (Å²) in [5.41, 5.74) is 6.20. The van der Waals surface area contributed by atoms with Crippen molar-refractivity contribution in [2.75, 3.05) is 13.1 Å². The molecule has 144 valence electrons. The molecular weight excluding hydrogens is 392 g/mol. The summed E-state index contributed by atoms with van der Waals surface area (Å²) in [6, 6.07) is 11.8. The fraction of sp³-hybridized carbons (Fsp3) is 0.176. The lowest BCUT2D eigenvalue weighted by atomic mass is 10.1. The van der Waals surface area contributed by atoms with Gasteiger partial charge in [0.15, 0.2) is 0 Å². The van der Waals surface area contributed by atoms with Gasteiger partial charge in [0.25, 0.3) is 5.91 Å². The average Bonchev–Trinajstić information content (AvgIpc) is 2.64. The molecule has 3 amide bonds. The molecule has 0 saturated carbocycles. The minimum Gasteiger partial charge on any atom is -0.352 e. The van der Waals surface area contributed by atoms with E-state index in [0.29, 0.717) is 10.6 Å². The molecular formula is C17H19ClN4O4S. The summed E-state index contributed by atoms with van der Waals surface area (Å²) in [4.78, 5) is 22.8. The third kappa shape index (κ3) is 6.55. The normalized spacial score (nSPS) is 11.0. The molecule has 0 aliphatic carbocycles. The topological polar surface area (TPSA) is 130 Å². The Morgan fingerprint density at radius 1 is 1.00 bits per heavy atom. The summed E-state index contributed by atoms with van der Waals surface area (Å²) in [6.45, 7) is 0.410. The molecule has 27 heavy (non-hydrogen) atoms. The molecule has 0 heterocycles. The van der Waals surface area contributed by atoms with Gasteiger partial charge in [-0.05, 0) is 35.9 Å². The molecule has 2 aromatic carbocycles. The van der Waals surface area contributed by atoms with Crippen LogP contribution in [0.4, 0.5) is 4.79 Å². The van der Waals surface area contributed by atoms with Crippen molar-refractivity contribution < 1.29 is 18.0 Å². The van der Waals surface area contributed by atoms with Crippen molar-refractivity contribution in [2.24, 2.45) is 5.73 Å². The lowest BCUT2D eigenvalue weighted by Crippen LogP contribution is -2.34. The van der Waals surface area contributed by atoms with Gasteiger partial charge in [0.2, 0.25) is 10.0 Å². The van der Waals surface area contributed by atoms with Gasteiger partial charge in [0.1, 0.15) is 0 Å². The molecule has 5 N–H and O–H groups in total. The molecule has 2 aromatic rings. The van der Waals surface area contributed by atoms with Crippen molar-refractivity contribution in [3.05, 3.63) is 64.7 Å². The van der Waals surface area contributed by atoms with Crippen LogP contribution < -0.4 is 21.1 Å². The molecule has 0 atom stereocenters. The smallest absolute Gasteiger partial charge is 0.312 e. The van der Waals surface area contributed by atoms with E-state index >= 15 is 0 Å². The van der Waals surface area contributed by atoms with Gasteiger partial charge in [0, 0.05) is 30.2 Å². The lowest BCUT2D eigenvalue weighted by molar-refractivity contribution is 0.0954. The average molecular weight is 411 g/mol. The second-order valence-corrected chi connectivity index (χ2v) is 7.73. The van der Waals surface area contributed by atoms with Crippen molar-refractivity contribution in [2.45, 2.75) is 11.4 Å². The van der Waals surface area contributed by atoms with Gasteiger partial charge in [-0.2, -0.15) is 0 Å². The first-order valence-electron chi connectivity index (χ1n) is 7.93. The third-order valence-electron chi connectivity index (χ3n) is 3.49. The molecule has 10 heteroatoms. The Bertz CT molecular complexity index is 917. The van der Waals surface area contributed by atoms with Crippen LogP contribution in [0, 0.1) is 0 Å². The Kier molecular flexibility index (Phi) is 7.17. The van der Waals surface area contributed by atoms with E-state index in [9.17, 15) is 18.0 Å². The van der Waals surface area contributed by atoms with Crippen molar-refractivity contribution in [3.8, 4) is 0 Å². The van der Waals surface area contributed by atoms with Gasteiger partial charge in [-0.15, -0.1) is 0 Å². The van der Waals surface area contributed by atoms with Crippen molar-refractivity contribution in [1.29, 1.82) is 0 Å². The van der Waals surface area contributed by atoms with Crippen molar-refractivity contribution >= 4 is 33.6 Å². The van der Waals surface area contributed by atoms with E-state index in [4.69, 9.17) is 17.3 Å². The molecule has 0 bridgehead atoms. The molecule has 0 aliphatic rings. The Balaban J connectivity index is 1.81. The molecule has 0 radical (unpaired) electrons. The van der Waals surface area contributed by atoms with Gasteiger partial charge < -0.3 is 16.4 Å². The lowest BCUT2D eigenvalue weighted by Gasteiger charge is -2.09. The molecule has 8 nitrogen and oxygen atoms in total. The van der Waals surface area contributed by atoms with Gasteiger partial charge in [-0.3, -0.25) is 4.79 Å². The minimum atomic E-state index is -3.69. The molecule has 0 saturated heterocycles. The number of carbonyl (C=O) groups is 2.